The summed E-state index contributed by atoms with van der Waals surface area (Å²) in [5, 5.41) is 7.55. The van der Waals surface area contributed by atoms with E-state index in [4.69, 9.17) is 4.52 Å². The summed E-state index contributed by atoms with van der Waals surface area (Å²) in [4.78, 5) is 12.5. The lowest BCUT2D eigenvalue weighted by molar-refractivity contribution is 0.102. The first-order chi connectivity index (χ1) is 12.2. The minimum atomic E-state index is -0.351. The molecular weight excluding hydrogens is 319 g/mol. The van der Waals surface area contributed by atoms with Gasteiger partial charge in [0, 0.05) is 16.8 Å². The van der Waals surface area contributed by atoms with Gasteiger partial charge in [-0.05, 0) is 42.5 Å². The normalized spacial score (nSPS) is 10.8. The third-order valence-corrected chi connectivity index (χ3v) is 3.88. The van der Waals surface area contributed by atoms with Crippen molar-refractivity contribution in [3.05, 3.63) is 84.2 Å². The Labute approximate surface area is 142 Å². The van der Waals surface area contributed by atoms with Gasteiger partial charge < -0.3 is 9.84 Å². The van der Waals surface area contributed by atoms with Gasteiger partial charge in [0.05, 0.1) is 5.39 Å². The zero-order chi connectivity index (χ0) is 17.2. The Morgan fingerprint density at radius 1 is 0.960 bits per heavy atom. The summed E-state index contributed by atoms with van der Waals surface area (Å²) in [6, 6.07) is 20.4. The number of hydrogen-bond acceptors (Lipinski definition) is 3. The van der Waals surface area contributed by atoms with E-state index >= 15 is 0 Å². The van der Waals surface area contributed by atoms with Crippen LogP contribution in [0.5, 0.6) is 0 Å². The molecule has 0 aliphatic carbocycles. The van der Waals surface area contributed by atoms with Gasteiger partial charge in [0.1, 0.15) is 11.3 Å². The molecule has 25 heavy (non-hydrogen) atoms. The number of halogens is 1. The van der Waals surface area contributed by atoms with Gasteiger partial charge in [-0.3, -0.25) is 4.79 Å². The van der Waals surface area contributed by atoms with Crippen molar-refractivity contribution >= 4 is 22.5 Å². The molecule has 0 bridgehead atoms. The molecule has 3 aromatic carbocycles. The van der Waals surface area contributed by atoms with Crippen LogP contribution >= 0.6 is 0 Å². The van der Waals surface area contributed by atoms with Crippen LogP contribution < -0.4 is 5.32 Å². The molecule has 5 heteroatoms. The van der Waals surface area contributed by atoms with Crippen LogP contribution in [-0.4, -0.2) is 11.1 Å². The number of nitrogens with zero attached hydrogens (tertiary/aromatic N) is 1. The topological polar surface area (TPSA) is 55.1 Å². The fourth-order valence-corrected chi connectivity index (χ4v) is 2.62. The highest BCUT2D eigenvalue weighted by Crippen LogP contribution is 2.29. The number of carbonyl (C=O) groups excluding carboxylic acids is 1. The molecular formula is C20H13FN2O2. The van der Waals surface area contributed by atoms with E-state index in [2.05, 4.69) is 10.5 Å². The molecule has 0 unspecified atom stereocenters. The number of amides is 1. The van der Waals surface area contributed by atoms with Crippen LogP contribution in [0.1, 0.15) is 10.4 Å². The van der Waals surface area contributed by atoms with Crippen molar-refractivity contribution in [2.45, 2.75) is 0 Å². The lowest BCUT2D eigenvalue weighted by Crippen LogP contribution is -2.11. The Balaban J connectivity index is 1.68. The minimum Gasteiger partial charge on any atom is -0.355 e. The molecule has 0 spiro atoms. The summed E-state index contributed by atoms with van der Waals surface area (Å²) in [5.74, 6) is -0.0165. The fourth-order valence-electron chi connectivity index (χ4n) is 2.62. The summed E-state index contributed by atoms with van der Waals surface area (Å²) in [5.41, 5.74) is 2.57. The summed E-state index contributed by atoms with van der Waals surface area (Å²) >= 11 is 0. The van der Waals surface area contributed by atoms with Crippen LogP contribution in [0.3, 0.4) is 0 Å². The van der Waals surface area contributed by atoms with Gasteiger partial charge in [-0.2, -0.15) is 0 Å². The van der Waals surface area contributed by atoms with E-state index in [9.17, 15) is 9.18 Å². The molecule has 4 rings (SSSR count). The average molecular weight is 332 g/mol. The predicted molar refractivity (Wildman–Crippen MR) is 93.8 cm³/mol. The first-order valence-electron chi connectivity index (χ1n) is 7.72. The molecule has 0 saturated heterocycles. The summed E-state index contributed by atoms with van der Waals surface area (Å²) in [7, 11) is 0. The molecule has 1 aromatic heterocycles. The quantitative estimate of drug-likeness (QED) is 0.581. The van der Waals surface area contributed by atoms with Crippen LogP contribution in [0.4, 0.5) is 10.1 Å². The highest BCUT2D eigenvalue weighted by Gasteiger charge is 2.14. The smallest absolute Gasteiger partial charge is 0.255 e. The van der Waals surface area contributed by atoms with Crippen LogP contribution in [0.25, 0.3) is 22.2 Å². The standard InChI is InChI=1S/C20H13FN2O2/c21-15-7-9-16(10-8-15)22-20(24)14-6-11-18-17(12-14)19(25-23-18)13-4-2-1-3-5-13/h1-12H,(H,22,24). The van der Waals surface area contributed by atoms with Crippen molar-refractivity contribution in [1.82, 2.24) is 5.16 Å². The monoisotopic (exact) mass is 332 g/mol. The van der Waals surface area contributed by atoms with Crippen LogP contribution in [-0.2, 0) is 0 Å². The number of benzene rings is 3. The van der Waals surface area contributed by atoms with Crippen molar-refractivity contribution in [3.8, 4) is 11.3 Å². The molecule has 0 aliphatic rings. The van der Waals surface area contributed by atoms with Gasteiger partial charge in [-0.25, -0.2) is 4.39 Å². The van der Waals surface area contributed by atoms with Gasteiger partial charge in [-0.1, -0.05) is 35.5 Å². The van der Waals surface area contributed by atoms with Gasteiger partial charge in [0.25, 0.3) is 5.91 Å². The van der Waals surface area contributed by atoms with E-state index < -0.39 is 0 Å². The van der Waals surface area contributed by atoms with E-state index in [0.29, 0.717) is 22.5 Å². The number of fused-ring (bicyclic) bond motifs is 1. The van der Waals surface area contributed by atoms with E-state index in [-0.39, 0.29) is 11.7 Å². The maximum absolute atomic E-state index is 13.0. The Morgan fingerprint density at radius 2 is 1.72 bits per heavy atom. The lowest BCUT2D eigenvalue weighted by atomic mass is 10.1. The molecule has 0 radical (unpaired) electrons. The third kappa shape index (κ3) is 2.99. The maximum Gasteiger partial charge on any atom is 0.255 e. The number of rotatable bonds is 3. The number of aromatic nitrogens is 1. The molecule has 0 fully saturated rings. The second kappa shape index (κ2) is 6.20. The van der Waals surface area contributed by atoms with Gasteiger partial charge >= 0.3 is 0 Å². The third-order valence-electron chi connectivity index (χ3n) is 3.88. The Morgan fingerprint density at radius 3 is 2.48 bits per heavy atom. The predicted octanol–water partition coefficient (Wildman–Crippen LogP) is 4.89. The molecule has 4 aromatic rings. The largest absolute Gasteiger partial charge is 0.355 e. The van der Waals surface area contributed by atoms with Crippen LogP contribution in [0.15, 0.2) is 77.3 Å². The average Bonchev–Trinajstić information content (AvgIpc) is 3.07. The van der Waals surface area contributed by atoms with Crippen molar-refractivity contribution in [2.24, 2.45) is 0 Å². The number of nitrogens with one attached hydrogen (secondary N) is 1. The Bertz CT molecular complexity index is 1040. The molecule has 122 valence electrons. The molecule has 4 nitrogen and oxygen atoms in total. The second-order valence-corrected chi connectivity index (χ2v) is 5.57. The van der Waals surface area contributed by atoms with Crippen molar-refractivity contribution in [3.63, 3.8) is 0 Å². The second-order valence-electron chi connectivity index (χ2n) is 5.57. The van der Waals surface area contributed by atoms with Crippen molar-refractivity contribution in [2.75, 3.05) is 5.32 Å². The first-order valence-corrected chi connectivity index (χ1v) is 7.72. The van der Waals surface area contributed by atoms with E-state index in [0.717, 1.165) is 10.9 Å². The SMILES string of the molecule is O=C(Nc1ccc(F)cc1)c1ccc2noc(-c3ccccc3)c2c1. The van der Waals surface area contributed by atoms with Gasteiger partial charge in [0.2, 0.25) is 0 Å². The molecule has 1 amide bonds. The number of anilines is 1. The van der Waals surface area contributed by atoms with Crippen molar-refractivity contribution in [1.29, 1.82) is 0 Å². The minimum absolute atomic E-state index is 0.284. The molecule has 0 atom stereocenters. The zero-order valence-corrected chi connectivity index (χ0v) is 13.1. The molecule has 0 aliphatic heterocycles. The maximum atomic E-state index is 13.0. The zero-order valence-electron chi connectivity index (χ0n) is 13.1. The van der Waals surface area contributed by atoms with E-state index in [1.54, 1.807) is 18.2 Å². The fraction of sp³-hybridized carbons (Fsp3) is 0. The Hall–Kier alpha value is -3.47. The lowest BCUT2D eigenvalue weighted by Gasteiger charge is -2.05. The highest BCUT2D eigenvalue weighted by molar-refractivity contribution is 6.07. The Kier molecular flexibility index (Phi) is 3.74. The molecule has 1 N–H and O–H groups in total. The summed E-state index contributed by atoms with van der Waals surface area (Å²) < 4.78 is 18.4. The van der Waals surface area contributed by atoms with E-state index in [1.165, 1.54) is 24.3 Å². The summed E-state index contributed by atoms with van der Waals surface area (Å²) in [6.07, 6.45) is 0. The highest BCUT2D eigenvalue weighted by atomic mass is 19.1. The first kappa shape index (κ1) is 15.1. The van der Waals surface area contributed by atoms with Crippen molar-refractivity contribution < 1.29 is 13.7 Å². The number of hydrogen-bond donors (Lipinski definition) is 1. The van der Waals surface area contributed by atoms with Crippen LogP contribution in [0, 0.1) is 5.82 Å². The van der Waals surface area contributed by atoms with Gasteiger partial charge in [-0.15, -0.1) is 0 Å². The molecule has 0 saturated carbocycles. The summed E-state index contributed by atoms with van der Waals surface area (Å²) in [6.45, 7) is 0. The van der Waals surface area contributed by atoms with Gasteiger partial charge in [0.15, 0.2) is 5.76 Å². The van der Waals surface area contributed by atoms with Crippen LogP contribution in [0.2, 0.25) is 0 Å². The van der Waals surface area contributed by atoms with E-state index in [1.807, 2.05) is 30.3 Å². The molecule has 1 heterocycles. The number of carbonyl (C=O) groups is 1.